The molecule has 1 atom stereocenters. The Morgan fingerprint density at radius 2 is 1.63 bits per heavy atom. The van der Waals surface area contributed by atoms with E-state index in [0.29, 0.717) is 18.7 Å². The minimum Gasteiger partial charge on any atom is -0.338 e. The lowest BCUT2D eigenvalue weighted by Crippen LogP contribution is -2.48. The van der Waals surface area contributed by atoms with Crippen molar-refractivity contribution in [2.75, 3.05) is 13.1 Å². The van der Waals surface area contributed by atoms with E-state index in [-0.39, 0.29) is 5.69 Å². The number of hydrogen-bond donors (Lipinski definition) is 0. The van der Waals surface area contributed by atoms with Crippen molar-refractivity contribution in [2.45, 2.75) is 26.8 Å². The van der Waals surface area contributed by atoms with Crippen LogP contribution in [-0.4, -0.2) is 38.2 Å². The van der Waals surface area contributed by atoms with Crippen LogP contribution in [-0.2, 0) is 0 Å². The molecule has 0 radical (unpaired) electrons. The van der Waals surface area contributed by atoms with Crippen LogP contribution in [0.15, 0.2) is 64.2 Å². The van der Waals surface area contributed by atoms with Gasteiger partial charge in [-0.2, -0.15) is 9.78 Å². The first kappa shape index (κ1) is 21.2. The van der Waals surface area contributed by atoms with E-state index >= 15 is 0 Å². The molecule has 3 rings (SSSR count). The largest absolute Gasteiger partial charge is 0.352 e. The summed E-state index contributed by atoms with van der Waals surface area (Å²) in [6, 6.07) is 13.8. The van der Waals surface area contributed by atoms with Gasteiger partial charge in [0, 0.05) is 13.1 Å². The van der Waals surface area contributed by atoms with Crippen LogP contribution in [0.4, 0.5) is 4.39 Å². The lowest BCUT2D eigenvalue weighted by atomic mass is 10.1. The van der Waals surface area contributed by atoms with Gasteiger partial charge >= 0.3 is 5.69 Å². The molecule has 1 aromatic heterocycles. The molecule has 3 aromatic rings. The van der Waals surface area contributed by atoms with Crippen molar-refractivity contribution in [2.24, 2.45) is 0 Å². The van der Waals surface area contributed by atoms with E-state index in [9.17, 15) is 18.8 Å². The highest BCUT2D eigenvalue weighted by Crippen LogP contribution is 2.15. The number of amides is 1. The summed E-state index contributed by atoms with van der Waals surface area (Å²) in [6.45, 7) is 5.96. The average Bonchev–Trinajstić information content (AvgIpc) is 2.76. The van der Waals surface area contributed by atoms with Crippen molar-refractivity contribution in [3.63, 3.8) is 0 Å². The normalized spacial score (nSPS) is 11.9. The molecule has 2 aromatic carbocycles. The molecule has 156 valence electrons. The molecule has 7 nitrogen and oxygen atoms in total. The van der Waals surface area contributed by atoms with Gasteiger partial charge in [-0.15, -0.1) is 0 Å². The second kappa shape index (κ2) is 8.86. The van der Waals surface area contributed by atoms with E-state index in [1.165, 1.54) is 23.1 Å². The first-order chi connectivity index (χ1) is 14.4. The maximum Gasteiger partial charge on any atom is 0.352 e. The molecule has 8 heteroatoms. The van der Waals surface area contributed by atoms with E-state index in [2.05, 4.69) is 5.10 Å². The molecule has 0 aliphatic rings. The Labute approximate surface area is 173 Å². The molecule has 0 saturated heterocycles. The maximum absolute atomic E-state index is 14.5. The van der Waals surface area contributed by atoms with Crippen LogP contribution >= 0.6 is 0 Å². The number of nitrogens with zero attached hydrogens (tertiary/aromatic N) is 4. The molecule has 0 aliphatic heterocycles. The van der Waals surface area contributed by atoms with Crippen molar-refractivity contribution in [1.29, 1.82) is 0 Å². The Bertz CT molecular complexity index is 1170. The van der Waals surface area contributed by atoms with Crippen LogP contribution in [0, 0.1) is 5.82 Å². The van der Waals surface area contributed by atoms with Crippen molar-refractivity contribution >= 4 is 5.91 Å². The molecule has 0 aliphatic carbocycles. The standard InChI is InChI=1S/C22H23FN4O3/c1-4-25(5-2)20(28)19-21(29)26(15(3)16-11-7-6-8-12-16)22(30)27(24-19)18-14-10-9-13-17(18)23/h6-15H,4-5H2,1-3H3/t15-/m1/s1. The summed E-state index contributed by atoms with van der Waals surface area (Å²) in [5.41, 5.74) is -1.49. The van der Waals surface area contributed by atoms with Gasteiger partial charge < -0.3 is 4.90 Å². The minimum absolute atomic E-state index is 0.134. The summed E-state index contributed by atoms with van der Waals surface area (Å²) in [7, 11) is 0. The van der Waals surface area contributed by atoms with Crippen molar-refractivity contribution in [1.82, 2.24) is 19.2 Å². The monoisotopic (exact) mass is 410 g/mol. The fraction of sp³-hybridized carbons (Fsp3) is 0.273. The topological polar surface area (TPSA) is 77.2 Å². The van der Waals surface area contributed by atoms with E-state index in [1.807, 2.05) is 6.07 Å². The van der Waals surface area contributed by atoms with Crippen LogP contribution in [0.1, 0.15) is 42.9 Å². The lowest BCUT2D eigenvalue weighted by molar-refractivity contribution is 0.0761. The number of benzene rings is 2. The summed E-state index contributed by atoms with van der Waals surface area (Å²) in [5, 5.41) is 4.00. The lowest BCUT2D eigenvalue weighted by Gasteiger charge is -2.21. The van der Waals surface area contributed by atoms with Crippen LogP contribution in [0.5, 0.6) is 0 Å². The van der Waals surface area contributed by atoms with Gasteiger partial charge in [-0.05, 0) is 38.5 Å². The zero-order valence-corrected chi connectivity index (χ0v) is 17.1. The van der Waals surface area contributed by atoms with Crippen LogP contribution in [0.25, 0.3) is 5.69 Å². The molecule has 30 heavy (non-hydrogen) atoms. The molecule has 0 N–H and O–H groups in total. The third-order valence-corrected chi connectivity index (χ3v) is 5.01. The SMILES string of the molecule is CCN(CC)C(=O)c1nn(-c2ccccc2F)c(=O)n([C@H](C)c2ccccc2)c1=O. The molecule has 0 unspecified atom stereocenters. The predicted octanol–water partition coefficient (Wildman–Crippen LogP) is 2.62. The number of aromatic nitrogens is 3. The first-order valence-corrected chi connectivity index (χ1v) is 9.75. The molecule has 1 heterocycles. The number of halogens is 1. The van der Waals surface area contributed by atoms with Gasteiger partial charge in [-0.3, -0.25) is 9.59 Å². The van der Waals surface area contributed by atoms with Gasteiger partial charge in [0.15, 0.2) is 0 Å². The van der Waals surface area contributed by atoms with Crippen molar-refractivity contribution < 1.29 is 9.18 Å². The van der Waals surface area contributed by atoms with Gasteiger partial charge in [0.2, 0.25) is 5.69 Å². The third-order valence-electron chi connectivity index (χ3n) is 5.01. The summed E-state index contributed by atoms with van der Waals surface area (Å²) in [6.07, 6.45) is 0. The van der Waals surface area contributed by atoms with Gasteiger partial charge in [0.05, 0.1) is 6.04 Å². The molecule has 1 amide bonds. The van der Waals surface area contributed by atoms with Gasteiger partial charge in [0.1, 0.15) is 11.5 Å². The Kier molecular flexibility index (Phi) is 6.25. The number of para-hydroxylation sites is 1. The highest BCUT2D eigenvalue weighted by atomic mass is 19.1. The Balaban J connectivity index is 2.33. The highest BCUT2D eigenvalue weighted by molar-refractivity contribution is 5.91. The molecule has 0 spiro atoms. The summed E-state index contributed by atoms with van der Waals surface area (Å²) < 4.78 is 16.2. The van der Waals surface area contributed by atoms with E-state index in [1.54, 1.807) is 51.1 Å². The summed E-state index contributed by atoms with van der Waals surface area (Å²) in [4.78, 5) is 40.8. The number of rotatable bonds is 6. The zero-order valence-electron chi connectivity index (χ0n) is 17.1. The minimum atomic E-state index is -0.822. The van der Waals surface area contributed by atoms with Gasteiger partial charge in [-0.25, -0.2) is 13.8 Å². The Morgan fingerprint density at radius 1 is 1.03 bits per heavy atom. The first-order valence-electron chi connectivity index (χ1n) is 9.75. The van der Waals surface area contributed by atoms with Crippen LogP contribution in [0.3, 0.4) is 0 Å². The molecule has 0 saturated carbocycles. The van der Waals surface area contributed by atoms with Crippen molar-refractivity contribution in [3.05, 3.63) is 92.5 Å². The fourth-order valence-electron chi connectivity index (χ4n) is 3.29. The summed E-state index contributed by atoms with van der Waals surface area (Å²) >= 11 is 0. The molecule has 0 bridgehead atoms. The number of hydrogen-bond acceptors (Lipinski definition) is 4. The van der Waals surface area contributed by atoms with Gasteiger partial charge in [-0.1, -0.05) is 42.5 Å². The predicted molar refractivity (Wildman–Crippen MR) is 112 cm³/mol. The fourth-order valence-corrected chi connectivity index (χ4v) is 3.29. The van der Waals surface area contributed by atoms with E-state index in [4.69, 9.17) is 0 Å². The molecular weight excluding hydrogens is 387 g/mol. The van der Waals surface area contributed by atoms with E-state index in [0.717, 1.165) is 9.25 Å². The maximum atomic E-state index is 14.5. The number of carbonyl (C=O) groups excluding carboxylic acids is 1. The molecule has 0 fully saturated rings. The second-order valence-corrected chi connectivity index (χ2v) is 6.73. The third kappa shape index (κ3) is 3.80. The van der Waals surface area contributed by atoms with Crippen molar-refractivity contribution in [3.8, 4) is 5.69 Å². The van der Waals surface area contributed by atoms with Crippen LogP contribution < -0.4 is 11.2 Å². The molecular formula is C22H23FN4O3. The Hall–Kier alpha value is -3.55. The smallest absolute Gasteiger partial charge is 0.338 e. The van der Waals surface area contributed by atoms with Gasteiger partial charge in [0.25, 0.3) is 11.5 Å². The number of carbonyl (C=O) groups is 1. The summed E-state index contributed by atoms with van der Waals surface area (Å²) in [5.74, 6) is -1.30. The highest BCUT2D eigenvalue weighted by Gasteiger charge is 2.26. The average molecular weight is 410 g/mol. The van der Waals surface area contributed by atoms with E-state index < -0.39 is 34.7 Å². The zero-order chi connectivity index (χ0) is 21.8. The quantitative estimate of drug-likeness (QED) is 0.626. The Morgan fingerprint density at radius 3 is 2.23 bits per heavy atom. The second-order valence-electron chi connectivity index (χ2n) is 6.73. The van der Waals surface area contributed by atoms with Crippen LogP contribution in [0.2, 0.25) is 0 Å².